The van der Waals surface area contributed by atoms with Crippen LogP contribution in [0.1, 0.15) is 37.0 Å². The lowest BCUT2D eigenvalue weighted by Gasteiger charge is -2.47. The largest absolute Gasteiger partial charge is 0.375 e. The van der Waals surface area contributed by atoms with Gasteiger partial charge in [-0.3, -0.25) is 4.79 Å². The number of halogens is 1. The van der Waals surface area contributed by atoms with Crippen molar-refractivity contribution in [1.82, 2.24) is 15.5 Å². The molecular weight excluding hydrogens is 463 g/mol. The quantitative estimate of drug-likeness (QED) is 0.377. The molecule has 0 bridgehead atoms. The van der Waals surface area contributed by atoms with Gasteiger partial charge >= 0.3 is 0 Å². The van der Waals surface area contributed by atoms with Gasteiger partial charge in [-0.2, -0.15) is 0 Å². The molecule has 26 heavy (non-hydrogen) atoms. The predicted octanol–water partition coefficient (Wildman–Crippen LogP) is 2.59. The normalized spacial score (nSPS) is 21.5. The third-order valence-corrected chi connectivity index (χ3v) is 5.86. The second kappa shape index (κ2) is 9.89. The van der Waals surface area contributed by atoms with E-state index in [1.165, 1.54) is 24.1 Å². The van der Waals surface area contributed by atoms with E-state index in [1.54, 1.807) is 30.3 Å². The highest BCUT2D eigenvalue weighted by Gasteiger charge is 2.42. The number of rotatable bonds is 5. The first-order valence-electron chi connectivity index (χ1n) is 8.98. The molecule has 1 spiro atoms. The van der Waals surface area contributed by atoms with E-state index in [9.17, 15) is 4.79 Å². The Hall–Kier alpha value is -0.870. The summed E-state index contributed by atoms with van der Waals surface area (Å²) >= 11 is 1.71. The van der Waals surface area contributed by atoms with Crippen LogP contribution in [0.15, 0.2) is 22.5 Å². The molecule has 2 N–H and O–H groups in total. The number of ether oxygens (including phenoxy) is 1. The number of carbonyl (C=O) groups excluding carboxylic acids is 1. The zero-order chi connectivity index (χ0) is 17.7. The van der Waals surface area contributed by atoms with Gasteiger partial charge in [0, 0.05) is 31.6 Å². The minimum absolute atomic E-state index is 0. The maximum absolute atomic E-state index is 11.9. The number of aliphatic imine (C=N–C) groups is 1. The minimum Gasteiger partial charge on any atom is -0.375 e. The van der Waals surface area contributed by atoms with Crippen LogP contribution in [0.5, 0.6) is 0 Å². The lowest BCUT2D eigenvalue weighted by Crippen LogP contribution is -2.54. The van der Waals surface area contributed by atoms with Crippen molar-refractivity contribution in [3.8, 4) is 0 Å². The summed E-state index contributed by atoms with van der Waals surface area (Å²) in [6, 6.07) is 4.48. The van der Waals surface area contributed by atoms with Crippen LogP contribution in [0.2, 0.25) is 0 Å². The molecule has 1 atom stereocenters. The molecule has 2 aliphatic rings. The average Bonchev–Trinajstić information content (AvgIpc) is 3.09. The molecule has 146 valence electrons. The summed E-state index contributed by atoms with van der Waals surface area (Å²) in [6.07, 6.45) is 5.60. The second-order valence-electron chi connectivity index (χ2n) is 7.11. The number of hydrogen-bond donors (Lipinski definition) is 2. The van der Waals surface area contributed by atoms with Crippen molar-refractivity contribution in [3.05, 3.63) is 22.4 Å². The fourth-order valence-corrected chi connectivity index (χ4v) is 3.93. The molecule has 0 aromatic carbocycles. The van der Waals surface area contributed by atoms with E-state index in [0.29, 0.717) is 18.5 Å². The molecule has 2 fully saturated rings. The number of carbonyl (C=O) groups is 1. The van der Waals surface area contributed by atoms with Crippen molar-refractivity contribution < 1.29 is 9.53 Å². The van der Waals surface area contributed by atoms with Gasteiger partial charge in [-0.15, -0.1) is 35.3 Å². The lowest BCUT2D eigenvalue weighted by atomic mass is 9.74. The molecule has 6 nitrogen and oxygen atoms in total. The van der Waals surface area contributed by atoms with E-state index in [2.05, 4.69) is 27.1 Å². The van der Waals surface area contributed by atoms with Crippen molar-refractivity contribution >= 4 is 47.2 Å². The summed E-state index contributed by atoms with van der Waals surface area (Å²) < 4.78 is 6.00. The number of guanidine groups is 1. The highest BCUT2D eigenvalue weighted by molar-refractivity contribution is 14.0. The van der Waals surface area contributed by atoms with Gasteiger partial charge in [0.05, 0.1) is 12.1 Å². The third kappa shape index (κ3) is 5.82. The van der Waals surface area contributed by atoms with Crippen molar-refractivity contribution in [1.29, 1.82) is 0 Å². The fraction of sp³-hybridized carbons (Fsp3) is 0.667. The standard InChI is InChI=1S/C18H28N4O2S.HI/c1-22(2)16(23)13-20-17(19-12-15-5-3-10-25-15)21-14-6-9-24-18(11-14)7-4-8-18;/h3,5,10,14H,4,6-9,11-13H2,1-2H3,(H2,19,20,21);1H. The van der Waals surface area contributed by atoms with E-state index in [0.717, 1.165) is 19.4 Å². The Kier molecular flexibility index (Phi) is 8.15. The summed E-state index contributed by atoms with van der Waals surface area (Å²) in [5.41, 5.74) is 0.0915. The predicted molar refractivity (Wildman–Crippen MR) is 116 cm³/mol. The Balaban J connectivity index is 0.00000243. The number of nitrogens with zero attached hydrogens (tertiary/aromatic N) is 2. The SMILES string of the molecule is CN(C)C(=O)CN=C(NCc1cccs1)NC1CCOC2(CCC2)C1.I. The van der Waals surface area contributed by atoms with Crippen LogP contribution in [0, 0.1) is 0 Å². The van der Waals surface area contributed by atoms with Crippen LogP contribution in [0.25, 0.3) is 0 Å². The molecule has 1 unspecified atom stereocenters. The summed E-state index contributed by atoms with van der Waals surface area (Å²) in [5, 5.41) is 8.96. The topological polar surface area (TPSA) is 66.0 Å². The molecule has 1 aliphatic carbocycles. The zero-order valence-corrected chi connectivity index (χ0v) is 18.6. The molecule has 1 saturated heterocycles. The Morgan fingerprint density at radius 3 is 2.88 bits per heavy atom. The van der Waals surface area contributed by atoms with Gasteiger partial charge in [-0.25, -0.2) is 4.99 Å². The van der Waals surface area contributed by atoms with Crippen molar-refractivity contribution in [2.75, 3.05) is 27.2 Å². The first-order valence-corrected chi connectivity index (χ1v) is 9.86. The maximum atomic E-state index is 11.9. The van der Waals surface area contributed by atoms with Crippen LogP contribution < -0.4 is 10.6 Å². The number of thiophene rings is 1. The fourth-order valence-electron chi connectivity index (χ4n) is 3.29. The van der Waals surface area contributed by atoms with Gasteiger partial charge in [0.1, 0.15) is 6.54 Å². The van der Waals surface area contributed by atoms with Gasteiger partial charge in [-0.05, 0) is 43.6 Å². The lowest BCUT2D eigenvalue weighted by molar-refractivity contribution is -0.134. The van der Waals surface area contributed by atoms with Gasteiger partial charge in [0.2, 0.25) is 5.91 Å². The first-order chi connectivity index (χ1) is 12.1. The molecule has 1 aromatic heterocycles. The molecule has 1 amide bonds. The minimum atomic E-state index is -0.000311. The summed E-state index contributed by atoms with van der Waals surface area (Å²) in [6.45, 7) is 1.67. The number of likely N-dealkylation sites (N-methyl/N-ethyl adjacent to an activating group) is 1. The highest BCUT2D eigenvalue weighted by atomic mass is 127. The van der Waals surface area contributed by atoms with Gasteiger partial charge in [-0.1, -0.05) is 6.07 Å². The Morgan fingerprint density at radius 1 is 1.46 bits per heavy atom. The molecule has 3 rings (SSSR count). The Labute approximate surface area is 176 Å². The number of nitrogens with one attached hydrogen (secondary N) is 2. The first kappa shape index (κ1) is 21.4. The average molecular weight is 492 g/mol. The van der Waals surface area contributed by atoms with E-state index in [-0.39, 0.29) is 42.0 Å². The van der Waals surface area contributed by atoms with Crippen LogP contribution in [0.3, 0.4) is 0 Å². The van der Waals surface area contributed by atoms with Gasteiger partial charge in [0.25, 0.3) is 0 Å². The van der Waals surface area contributed by atoms with Gasteiger partial charge < -0.3 is 20.3 Å². The van der Waals surface area contributed by atoms with Crippen LogP contribution in [-0.4, -0.2) is 55.7 Å². The smallest absolute Gasteiger partial charge is 0.243 e. The van der Waals surface area contributed by atoms with Gasteiger partial charge in [0.15, 0.2) is 5.96 Å². The van der Waals surface area contributed by atoms with E-state index < -0.39 is 0 Å². The number of hydrogen-bond acceptors (Lipinski definition) is 4. The Morgan fingerprint density at radius 2 is 2.27 bits per heavy atom. The summed E-state index contributed by atoms with van der Waals surface area (Å²) in [5.74, 6) is 0.713. The van der Waals surface area contributed by atoms with Crippen molar-refractivity contribution in [2.24, 2.45) is 4.99 Å². The van der Waals surface area contributed by atoms with Crippen LogP contribution in [0.4, 0.5) is 0 Å². The highest BCUT2D eigenvalue weighted by Crippen LogP contribution is 2.42. The van der Waals surface area contributed by atoms with Crippen LogP contribution in [-0.2, 0) is 16.1 Å². The van der Waals surface area contributed by atoms with Crippen molar-refractivity contribution in [2.45, 2.75) is 50.3 Å². The van der Waals surface area contributed by atoms with Crippen LogP contribution >= 0.6 is 35.3 Å². The molecular formula is C18H29IN4O2S. The molecule has 8 heteroatoms. The molecule has 2 heterocycles. The maximum Gasteiger partial charge on any atom is 0.243 e. The number of amides is 1. The third-order valence-electron chi connectivity index (χ3n) is 4.98. The van der Waals surface area contributed by atoms with E-state index >= 15 is 0 Å². The molecule has 1 aliphatic heterocycles. The second-order valence-corrected chi connectivity index (χ2v) is 8.14. The molecule has 1 aromatic rings. The van der Waals surface area contributed by atoms with Crippen molar-refractivity contribution in [3.63, 3.8) is 0 Å². The monoisotopic (exact) mass is 492 g/mol. The molecule has 0 radical (unpaired) electrons. The molecule has 1 saturated carbocycles. The Bertz CT molecular complexity index is 602. The zero-order valence-electron chi connectivity index (χ0n) is 15.5. The van der Waals surface area contributed by atoms with E-state index in [4.69, 9.17) is 4.74 Å². The summed E-state index contributed by atoms with van der Waals surface area (Å²) in [7, 11) is 3.51. The van der Waals surface area contributed by atoms with E-state index in [1.807, 2.05) is 6.07 Å². The summed E-state index contributed by atoms with van der Waals surface area (Å²) in [4.78, 5) is 19.2.